The molecule has 2 fully saturated rings. The molecule has 1 atom stereocenters. The van der Waals surface area contributed by atoms with Crippen molar-refractivity contribution >= 4 is 27.5 Å². The van der Waals surface area contributed by atoms with E-state index in [2.05, 4.69) is 5.32 Å². The molecule has 0 spiro atoms. The Morgan fingerprint density at radius 2 is 1.96 bits per heavy atom. The first-order chi connectivity index (χ1) is 11.9. The minimum Gasteiger partial charge on any atom is -0.333 e. The van der Waals surface area contributed by atoms with E-state index in [-0.39, 0.29) is 17.9 Å². The SMILES string of the molecule is CS(=O)(=O)N1CCC(C(=O)N2CCNCC2c2cccc(Cl)c2)CC1. The number of carbonyl (C=O) groups excluding carboxylic acids is 1. The van der Waals surface area contributed by atoms with Crippen LogP contribution in [0.5, 0.6) is 0 Å². The number of hydrogen-bond donors (Lipinski definition) is 1. The van der Waals surface area contributed by atoms with Gasteiger partial charge < -0.3 is 10.2 Å². The molecule has 1 unspecified atom stereocenters. The fraction of sp³-hybridized carbons (Fsp3) is 0.588. The predicted octanol–water partition coefficient (Wildman–Crippen LogP) is 1.48. The lowest BCUT2D eigenvalue weighted by atomic mass is 9.94. The van der Waals surface area contributed by atoms with Gasteiger partial charge in [0.1, 0.15) is 0 Å². The zero-order valence-electron chi connectivity index (χ0n) is 14.3. The van der Waals surface area contributed by atoms with E-state index in [1.165, 1.54) is 10.6 Å². The number of piperidine rings is 1. The molecule has 8 heteroatoms. The van der Waals surface area contributed by atoms with Crippen molar-refractivity contribution in [2.24, 2.45) is 5.92 Å². The first-order valence-corrected chi connectivity index (χ1v) is 10.8. The molecular weight excluding hydrogens is 362 g/mol. The fourth-order valence-corrected chi connectivity index (χ4v) is 4.72. The van der Waals surface area contributed by atoms with Gasteiger partial charge in [0.25, 0.3) is 0 Å². The second kappa shape index (κ2) is 7.61. The van der Waals surface area contributed by atoms with Gasteiger partial charge in [-0.15, -0.1) is 0 Å². The third-order valence-corrected chi connectivity index (χ3v) is 6.57. The molecule has 1 N–H and O–H groups in total. The molecule has 2 aliphatic heterocycles. The highest BCUT2D eigenvalue weighted by molar-refractivity contribution is 7.88. The van der Waals surface area contributed by atoms with Crippen molar-refractivity contribution in [2.45, 2.75) is 18.9 Å². The number of nitrogens with one attached hydrogen (secondary N) is 1. The van der Waals surface area contributed by atoms with Crippen LogP contribution in [0.3, 0.4) is 0 Å². The van der Waals surface area contributed by atoms with Crippen molar-refractivity contribution < 1.29 is 13.2 Å². The zero-order chi connectivity index (χ0) is 18.0. The molecular formula is C17H24ClN3O3S. The molecule has 0 saturated carbocycles. The Hall–Kier alpha value is -1.15. The summed E-state index contributed by atoms with van der Waals surface area (Å²) in [5.41, 5.74) is 1.03. The Morgan fingerprint density at radius 1 is 1.24 bits per heavy atom. The van der Waals surface area contributed by atoms with Crippen LogP contribution < -0.4 is 5.32 Å². The van der Waals surface area contributed by atoms with Crippen LogP contribution in [0, 0.1) is 5.92 Å². The lowest BCUT2D eigenvalue weighted by Gasteiger charge is -2.40. The highest BCUT2D eigenvalue weighted by Gasteiger charge is 2.35. The van der Waals surface area contributed by atoms with Crippen molar-refractivity contribution in [3.63, 3.8) is 0 Å². The van der Waals surface area contributed by atoms with Crippen LogP contribution >= 0.6 is 11.6 Å². The normalized spacial score (nSPS) is 23.6. The van der Waals surface area contributed by atoms with Gasteiger partial charge in [0.2, 0.25) is 15.9 Å². The maximum Gasteiger partial charge on any atom is 0.226 e. The summed E-state index contributed by atoms with van der Waals surface area (Å²) in [6.45, 7) is 2.97. The third kappa shape index (κ3) is 4.34. The largest absolute Gasteiger partial charge is 0.333 e. The monoisotopic (exact) mass is 385 g/mol. The summed E-state index contributed by atoms with van der Waals surface area (Å²) in [4.78, 5) is 15.0. The molecule has 2 saturated heterocycles. The number of nitrogens with zero attached hydrogens (tertiary/aromatic N) is 2. The summed E-state index contributed by atoms with van der Waals surface area (Å²) in [5, 5.41) is 4.01. The Balaban J connectivity index is 1.72. The summed E-state index contributed by atoms with van der Waals surface area (Å²) in [7, 11) is -3.17. The van der Waals surface area contributed by atoms with Gasteiger partial charge in [-0.25, -0.2) is 12.7 Å². The maximum atomic E-state index is 13.1. The van der Waals surface area contributed by atoms with Gasteiger partial charge in [-0.05, 0) is 30.5 Å². The number of rotatable bonds is 3. The topological polar surface area (TPSA) is 69.7 Å². The first-order valence-electron chi connectivity index (χ1n) is 8.58. The summed E-state index contributed by atoms with van der Waals surface area (Å²) >= 11 is 6.11. The van der Waals surface area contributed by atoms with E-state index in [0.29, 0.717) is 44.0 Å². The van der Waals surface area contributed by atoms with Crippen LogP contribution in [0.15, 0.2) is 24.3 Å². The molecule has 25 heavy (non-hydrogen) atoms. The van der Waals surface area contributed by atoms with E-state index in [1.807, 2.05) is 29.2 Å². The van der Waals surface area contributed by atoms with Crippen molar-refractivity contribution in [3.05, 3.63) is 34.9 Å². The number of amides is 1. The van der Waals surface area contributed by atoms with E-state index in [4.69, 9.17) is 11.6 Å². The second-order valence-electron chi connectivity index (χ2n) is 6.74. The summed E-state index contributed by atoms with van der Waals surface area (Å²) < 4.78 is 24.7. The molecule has 138 valence electrons. The Morgan fingerprint density at radius 3 is 2.60 bits per heavy atom. The second-order valence-corrected chi connectivity index (χ2v) is 9.16. The van der Waals surface area contributed by atoms with E-state index < -0.39 is 10.0 Å². The molecule has 0 radical (unpaired) electrons. The Kier molecular flexibility index (Phi) is 5.68. The van der Waals surface area contributed by atoms with Crippen LogP contribution in [-0.4, -0.2) is 62.5 Å². The average Bonchev–Trinajstić information content (AvgIpc) is 2.60. The van der Waals surface area contributed by atoms with Gasteiger partial charge >= 0.3 is 0 Å². The molecule has 0 aliphatic carbocycles. The lowest BCUT2D eigenvalue weighted by Crippen LogP contribution is -2.52. The van der Waals surface area contributed by atoms with Gasteiger partial charge in [-0.2, -0.15) is 0 Å². The standard InChI is InChI=1S/C17H24ClN3O3S/c1-25(23,24)20-8-5-13(6-9-20)17(22)21-10-7-19-12-16(21)14-3-2-4-15(18)11-14/h2-4,11,13,16,19H,5-10,12H2,1H3. The van der Waals surface area contributed by atoms with Crippen molar-refractivity contribution in [1.82, 2.24) is 14.5 Å². The smallest absolute Gasteiger partial charge is 0.226 e. The molecule has 6 nitrogen and oxygen atoms in total. The number of hydrogen-bond acceptors (Lipinski definition) is 4. The fourth-order valence-electron chi connectivity index (χ4n) is 3.65. The number of benzene rings is 1. The minimum atomic E-state index is -3.17. The Bertz CT molecular complexity index is 732. The van der Waals surface area contributed by atoms with Crippen molar-refractivity contribution in [1.29, 1.82) is 0 Å². The van der Waals surface area contributed by atoms with E-state index >= 15 is 0 Å². The lowest BCUT2D eigenvalue weighted by molar-refractivity contribution is -0.140. The highest BCUT2D eigenvalue weighted by atomic mass is 35.5. The van der Waals surface area contributed by atoms with Crippen LogP contribution in [0.25, 0.3) is 0 Å². The predicted molar refractivity (Wildman–Crippen MR) is 97.9 cm³/mol. The maximum absolute atomic E-state index is 13.1. The number of carbonyl (C=O) groups is 1. The van der Waals surface area contributed by atoms with Crippen LogP contribution in [-0.2, 0) is 14.8 Å². The summed E-state index contributed by atoms with van der Waals surface area (Å²) in [5.74, 6) is 0.0115. The van der Waals surface area contributed by atoms with Gasteiger partial charge in [-0.3, -0.25) is 4.79 Å². The number of piperazine rings is 1. The summed E-state index contributed by atoms with van der Waals surface area (Å²) in [6.07, 6.45) is 2.39. The molecule has 0 aromatic heterocycles. The van der Waals surface area contributed by atoms with Gasteiger partial charge in [0, 0.05) is 43.7 Å². The van der Waals surface area contributed by atoms with Crippen molar-refractivity contribution in [3.8, 4) is 0 Å². The third-order valence-electron chi connectivity index (χ3n) is 5.03. The van der Waals surface area contributed by atoms with E-state index in [1.54, 1.807) is 0 Å². The molecule has 1 aromatic rings. The van der Waals surface area contributed by atoms with Crippen LogP contribution in [0.4, 0.5) is 0 Å². The van der Waals surface area contributed by atoms with Crippen molar-refractivity contribution in [2.75, 3.05) is 39.0 Å². The van der Waals surface area contributed by atoms with Crippen LogP contribution in [0.1, 0.15) is 24.4 Å². The zero-order valence-corrected chi connectivity index (χ0v) is 15.9. The van der Waals surface area contributed by atoms with E-state index in [0.717, 1.165) is 12.1 Å². The average molecular weight is 386 g/mol. The number of halogens is 1. The quantitative estimate of drug-likeness (QED) is 0.855. The Labute approximate surface area is 154 Å². The first kappa shape index (κ1) is 18.6. The van der Waals surface area contributed by atoms with Gasteiger partial charge in [0.15, 0.2) is 0 Å². The highest BCUT2D eigenvalue weighted by Crippen LogP contribution is 2.29. The molecule has 0 bridgehead atoms. The van der Waals surface area contributed by atoms with E-state index in [9.17, 15) is 13.2 Å². The number of sulfonamides is 1. The molecule has 3 rings (SSSR count). The van der Waals surface area contributed by atoms with Gasteiger partial charge in [0.05, 0.1) is 12.3 Å². The molecule has 1 aromatic carbocycles. The molecule has 2 heterocycles. The molecule has 2 aliphatic rings. The molecule has 1 amide bonds. The van der Waals surface area contributed by atoms with Gasteiger partial charge in [-0.1, -0.05) is 23.7 Å². The summed E-state index contributed by atoms with van der Waals surface area (Å²) in [6, 6.07) is 7.60. The van der Waals surface area contributed by atoms with Crippen LogP contribution in [0.2, 0.25) is 5.02 Å². The minimum absolute atomic E-state index is 0.0344.